The summed E-state index contributed by atoms with van der Waals surface area (Å²) in [5.74, 6) is 0.504. The topological polar surface area (TPSA) is 64.1 Å². The Kier molecular flexibility index (Phi) is 6.43. The Morgan fingerprint density at radius 2 is 1.77 bits per heavy atom. The summed E-state index contributed by atoms with van der Waals surface area (Å²) in [6.45, 7) is 1.91. The number of thiazole rings is 1. The number of nitrogens with one attached hydrogen (secondary N) is 1. The van der Waals surface area contributed by atoms with Gasteiger partial charge in [0.25, 0.3) is 5.91 Å². The normalized spacial score (nSPS) is 11.0. The lowest BCUT2D eigenvalue weighted by atomic mass is 9.97. The number of anilines is 1. The first-order valence-corrected chi connectivity index (χ1v) is 12.3. The molecule has 3 aromatic carbocycles. The van der Waals surface area contributed by atoms with E-state index in [1.165, 1.54) is 11.3 Å². The van der Waals surface area contributed by atoms with E-state index < -0.39 is 0 Å². The Hall–Kier alpha value is -3.45. The minimum Gasteiger partial charge on any atom is -0.497 e. The van der Waals surface area contributed by atoms with Crippen molar-refractivity contribution in [2.45, 2.75) is 6.92 Å². The molecular formula is C27H19Cl2N3O2S. The molecule has 174 valence electrons. The zero-order valence-corrected chi connectivity index (χ0v) is 21.1. The van der Waals surface area contributed by atoms with E-state index in [1.807, 2.05) is 66.9 Å². The van der Waals surface area contributed by atoms with Crippen LogP contribution in [0.15, 0.2) is 72.1 Å². The molecule has 0 aliphatic heterocycles. The molecular weight excluding hydrogens is 501 g/mol. The number of amides is 1. The molecule has 0 spiro atoms. The molecule has 0 radical (unpaired) electrons. The van der Waals surface area contributed by atoms with E-state index in [1.54, 1.807) is 19.2 Å². The number of rotatable bonds is 5. The molecule has 0 saturated heterocycles. The monoisotopic (exact) mass is 519 g/mol. The lowest BCUT2D eigenvalue weighted by Crippen LogP contribution is -2.15. The van der Waals surface area contributed by atoms with Crippen molar-refractivity contribution in [1.29, 1.82) is 0 Å². The summed E-state index contributed by atoms with van der Waals surface area (Å²) in [6.07, 6.45) is 0. The Labute approximate surface area is 216 Å². The van der Waals surface area contributed by atoms with Gasteiger partial charge in [0, 0.05) is 26.9 Å². The third-order valence-corrected chi connectivity index (χ3v) is 6.96. The van der Waals surface area contributed by atoms with Gasteiger partial charge in [0.2, 0.25) is 0 Å². The number of pyridine rings is 1. The first-order valence-electron chi connectivity index (χ1n) is 10.7. The number of hydrogen-bond donors (Lipinski definition) is 1. The van der Waals surface area contributed by atoms with Crippen LogP contribution in [0.3, 0.4) is 0 Å². The van der Waals surface area contributed by atoms with Crippen molar-refractivity contribution in [3.63, 3.8) is 0 Å². The van der Waals surface area contributed by atoms with Crippen LogP contribution in [0.4, 0.5) is 5.13 Å². The predicted octanol–water partition coefficient (Wildman–Crippen LogP) is 7.90. The van der Waals surface area contributed by atoms with Crippen LogP contribution in [0.25, 0.3) is 33.4 Å². The van der Waals surface area contributed by atoms with Gasteiger partial charge in [-0.2, -0.15) is 0 Å². The molecule has 5 rings (SSSR count). The van der Waals surface area contributed by atoms with Gasteiger partial charge in [0.05, 0.1) is 34.6 Å². The van der Waals surface area contributed by atoms with Gasteiger partial charge in [-0.3, -0.25) is 10.1 Å². The van der Waals surface area contributed by atoms with E-state index in [9.17, 15) is 4.79 Å². The zero-order valence-electron chi connectivity index (χ0n) is 18.8. The Balaban J connectivity index is 1.53. The summed E-state index contributed by atoms with van der Waals surface area (Å²) in [7, 11) is 1.63. The average Bonchev–Trinajstić information content (AvgIpc) is 3.31. The smallest absolute Gasteiger partial charge is 0.258 e. The maximum absolute atomic E-state index is 13.6. The van der Waals surface area contributed by atoms with Crippen molar-refractivity contribution in [3.8, 4) is 28.3 Å². The second-order valence-corrected chi connectivity index (χ2v) is 9.52. The van der Waals surface area contributed by atoms with Gasteiger partial charge in [-0.1, -0.05) is 41.4 Å². The van der Waals surface area contributed by atoms with Crippen molar-refractivity contribution in [3.05, 3.63) is 93.3 Å². The lowest BCUT2D eigenvalue weighted by Gasteiger charge is -2.14. The Bertz CT molecular complexity index is 1570. The number of para-hydroxylation sites is 1. The highest BCUT2D eigenvalue weighted by Crippen LogP contribution is 2.34. The zero-order chi connectivity index (χ0) is 24.5. The Morgan fingerprint density at radius 1 is 1.00 bits per heavy atom. The molecule has 1 amide bonds. The molecule has 1 N–H and O–H groups in total. The van der Waals surface area contributed by atoms with E-state index in [2.05, 4.69) is 10.3 Å². The quantitative estimate of drug-likeness (QED) is 0.256. The Morgan fingerprint density at radius 3 is 2.51 bits per heavy atom. The van der Waals surface area contributed by atoms with E-state index >= 15 is 0 Å². The molecule has 0 aliphatic carbocycles. The van der Waals surface area contributed by atoms with Crippen molar-refractivity contribution < 1.29 is 9.53 Å². The fourth-order valence-electron chi connectivity index (χ4n) is 3.94. The standard InChI is InChI=1S/C27H19Cl2N3O2S/c1-15-24(26(33)32-27-31-23(14-35-27)19-12-9-17(28)13-21(19)29)20-5-3-4-6-22(20)30-25(15)16-7-10-18(34-2)11-8-16/h3-14H,1-2H3,(H,31,32,33). The minimum absolute atomic E-state index is 0.251. The van der Waals surface area contributed by atoms with Crippen LogP contribution in [0, 0.1) is 6.92 Å². The molecule has 8 heteroatoms. The second-order valence-electron chi connectivity index (χ2n) is 7.82. The summed E-state index contributed by atoms with van der Waals surface area (Å²) < 4.78 is 5.28. The largest absolute Gasteiger partial charge is 0.497 e. The molecule has 0 atom stereocenters. The molecule has 5 nitrogen and oxygen atoms in total. The van der Waals surface area contributed by atoms with Crippen molar-refractivity contribution in [2.75, 3.05) is 12.4 Å². The van der Waals surface area contributed by atoms with Crippen molar-refractivity contribution in [1.82, 2.24) is 9.97 Å². The van der Waals surface area contributed by atoms with Gasteiger partial charge in [0.1, 0.15) is 5.75 Å². The summed E-state index contributed by atoms with van der Waals surface area (Å²) in [6, 6.07) is 20.5. The van der Waals surface area contributed by atoms with E-state index in [0.717, 1.165) is 39.0 Å². The van der Waals surface area contributed by atoms with Crippen LogP contribution in [0.5, 0.6) is 5.75 Å². The first-order chi connectivity index (χ1) is 16.9. The number of aromatic nitrogens is 2. The summed E-state index contributed by atoms with van der Waals surface area (Å²) in [5, 5.41) is 7.11. The van der Waals surface area contributed by atoms with Crippen LogP contribution in [0.2, 0.25) is 10.0 Å². The van der Waals surface area contributed by atoms with Gasteiger partial charge >= 0.3 is 0 Å². The van der Waals surface area contributed by atoms with E-state index in [4.69, 9.17) is 32.9 Å². The molecule has 35 heavy (non-hydrogen) atoms. The number of carbonyl (C=O) groups is 1. The molecule has 0 unspecified atom stereocenters. The van der Waals surface area contributed by atoms with Crippen LogP contribution >= 0.6 is 34.5 Å². The number of ether oxygens (including phenoxy) is 1. The fraction of sp³-hybridized carbons (Fsp3) is 0.0741. The van der Waals surface area contributed by atoms with E-state index in [0.29, 0.717) is 26.4 Å². The number of nitrogens with zero attached hydrogens (tertiary/aromatic N) is 2. The number of hydrogen-bond acceptors (Lipinski definition) is 5. The number of carbonyl (C=O) groups excluding carboxylic acids is 1. The van der Waals surface area contributed by atoms with Crippen molar-refractivity contribution in [2.24, 2.45) is 0 Å². The maximum atomic E-state index is 13.6. The highest BCUT2D eigenvalue weighted by molar-refractivity contribution is 7.14. The summed E-state index contributed by atoms with van der Waals surface area (Å²) in [4.78, 5) is 23.0. The fourth-order valence-corrected chi connectivity index (χ4v) is 5.15. The van der Waals surface area contributed by atoms with Gasteiger partial charge < -0.3 is 4.74 Å². The van der Waals surface area contributed by atoms with E-state index in [-0.39, 0.29) is 5.91 Å². The highest BCUT2D eigenvalue weighted by atomic mass is 35.5. The van der Waals surface area contributed by atoms with Crippen LogP contribution < -0.4 is 10.1 Å². The van der Waals surface area contributed by atoms with Gasteiger partial charge in [-0.25, -0.2) is 9.97 Å². The highest BCUT2D eigenvalue weighted by Gasteiger charge is 2.20. The maximum Gasteiger partial charge on any atom is 0.258 e. The SMILES string of the molecule is COc1ccc(-c2nc3ccccc3c(C(=O)Nc3nc(-c4ccc(Cl)cc4Cl)cs3)c2C)cc1. The van der Waals surface area contributed by atoms with Crippen LogP contribution in [-0.2, 0) is 0 Å². The average molecular weight is 520 g/mol. The number of halogens is 2. The van der Waals surface area contributed by atoms with Crippen LogP contribution in [0.1, 0.15) is 15.9 Å². The summed E-state index contributed by atoms with van der Waals surface area (Å²) >= 11 is 13.7. The molecule has 0 saturated carbocycles. The third kappa shape index (κ3) is 4.60. The molecule has 0 bridgehead atoms. The molecule has 0 aliphatic rings. The van der Waals surface area contributed by atoms with Gasteiger partial charge in [0.15, 0.2) is 5.13 Å². The molecule has 2 aromatic heterocycles. The van der Waals surface area contributed by atoms with Crippen LogP contribution in [-0.4, -0.2) is 23.0 Å². The summed E-state index contributed by atoms with van der Waals surface area (Å²) in [5.41, 5.74) is 5.14. The molecule has 2 heterocycles. The van der Waals surface area contributed by atoms with Crippen molar-refractivity contribution >= 4 is 56.5 Å². The molecule has 0 fully saturated rings. The van der Waals surface area contributed by atoms with Gasteiger partial charge in [-0.15, -0.1) is 11.3 Å². The lowest BCUT2D eigenvalue weighted by molar-refractivity contribution is 0.102. The first kappa shape index (κ1) is 23.3. The molecule has 5 aromatic rings. The third-order valence-electron chi connectivity index (χ3n) is 5.66. The number of benzene rings is 3. The second kappa shape index (κ2) is 9.66. The van der Waals surface area contributed by atoms with Gasteiger partial charge in [-0.05, 0) is 61.0 Å². The predicted molar refractivity (Wildman–Crippen MR) is 144 cm³/mol. The number of methoxy groups -OCH3 is 1. The number of fused-ring (bicyclic) bond motifs is 1. The minimum atomic E-state index is -0.251.